The molecule has 68 valence electrons. The molecule has 1 saturated carbocycles. The molecule has 0 atom stereocenters. The molecule has 1 aromatic heterocycles. The van der Waals surface area contributed by atoms with Crippen molar-refractivity contribution in [2.45, 2.75) is 33.1 Å². The Bertz CT molecular complexity index is 347. The second-order valence-electron chi connectivity index (χ2n) is 3.64. The molecule has 0 spiro atoms. The Hall–Kier alpha value is -1.18. The molecule has 1 aliphatic carbocycles. The lowest BCUT2D eigenvalue weighted by Gasteiger charge is -2.16. The number of aromatic nitrogens is 2. The van der Waals surface area contributed by atoms with Gasteiger partial charge in [-0.25, -0.2) is 9.97 Å². The van der Waals surface area contributed by atoms with Crippen molar-refractivity contribution < 1.29 is 0 Å². The van der Waals surface area contributed by atoms with Gasteiger partial charge in [0.2, 0.25) is 0 Å². The molecular weight excluding hydrogens is 160 g/mol. The van der Waals surface area contributed by atoms with Gasteiger partial charge in [0.1, 0.15) is 5.82 Å². The lowest BCUT2D eigenvalue weighted by Crippen LogP contribution is -1.99. The zero-order chi connectivity index (χ0) is 9.26. The lowest BCUT2D eigenvalue weighted by atomic mass is 9.91. The van der Waals surface area contributed by atoms with E-state index in [0.29, 0.717) is 0 Å². The molecule has 0 N–H and O–H groups in total. The van der Waals surface area contributed by atoms with Crippen LogP contribution in [0.15, 0.2) is 11.8 Å². The van der Waals surface area contributed by atoms with Gasteiger partial charge < -0.3 is 0 Å². The van der Waals surface area contributed by atoms with Gasteiger partial charge in [0.25, 0.3) is 0 Å². The fourth-order valence-electron chi connectivity index (χ4n) is 1.41. The molecule has 0 unspecified atom stereocenters. The van der Waals surface area contributed by atoms with Gasteiger partial charge in [-0.15, -0.1) is 0 Å². The average molecular weight is 174 g/mol. The number of hydrogen-bond acceptors (Lipinski definition) is 2. The summed E-state index contributed by atoms with van der Waals surface area (Å²) in [6, 6.07) is 0. The minimum atomic E-state index is 0.858. The van der Waals surface area contributed by atoms with Crippen LogP contribution >= 0.6 is 0 Å². The van der Waals surface area contributed by atoms with Crippen molar-refractivity contribution in [3.8, 4) is 0 Å². The second-order valence-corrected chi connectivity index (χ2v) is 3.64. The zero-order valence-electron chi connectivity index (χ0n) is 8.17. The van der Waals surface area contributed by atoms with Gasteiger partial charge in [-0.1, -0.05) is 5.57 Å². The number of rotatable bonds is 1. The molecule has 0 aliphatic heterocycles. The molecule has 1 heterocycles. The lowest BCUT2D eigenvalue weighted by molar-refractivity contribution is 0.669. The number of aryl methyl sites for hydroxylation is 2. The Morgan fingerprint density at radius 1 is 1.31 bits per heavy atom. The maximum Gasteiger partial charge on any atom is 0.125 e. The monoisotopic (exact) mass is 174 g/mol. The highest BCUT2D eigenvalue weighted by Gasteiger charge is 2.09. The quantitative estimate of drug-likeness (QED) is 0.654. The van der Waals surface area contributed by atoms with E-state index in [9.17, 15) is 0 Å². The summed E-state index contributed by atoms with van der Waals surface area (Å²) >= 11 is 0. The van der Waals surface area contributed by atoms with E-state index >= 15 is 0 Å². The minimum Gasteiger partial charge on any atom is -0.241 e. The minimum absolute atomic E-state index is 0.858. The predicted octanol–water partition coefficient (Wildman–Crippen LogP) is 2.66. The fourth-order valence-corrected chi connectivity index (χ4v) is 1.41. The number of allylic oxidation sites excluding steroid dienone is 1. The summed E-state index contributed by atoms with van der Waals surface area (Å²) in [5, 5.41) is 0. The Morgan fingerprint density at radius 2 is 2.08 bits per heavy atom. The molecule has 13 heavy (non-hydrogen) atoms. The van der Waals surface area contributed by atoms with Crippen LogP contribution in [0.5, 0.6) is 0 Å². The topological polar surface area (TPSA) is 25.8 Å². The van der Waals surface area contributed by atoms with Crippen LogP contribution in [-0.4, -0.2) is 9.97 Å². The molecule has 0 bridgehead atoms. The van der Waals surface area contributed by atoms with Crippen LogP contribution in [0.25, 0.3) is 6.08 Å². The summed E-state index contributed by atoms with van der Waals surface area (Å²) < 4.78 is 0. The smallest absolute Gasteiger partial charge is 0.125 e. The summed E-state index contributed by atoms with van der Waals surface area (Å²) in [6.07, 6.45) is 7.96. The Kier molecular flexibility index (Phi) is 2.13. The highest BCUT2D eigenvalue weighted by Crippen LogP contribution is 2.27. The van der Waals surface area contributed by atoms with Crippen LogP contribution in [0.1, 0.15) is 36.3 Å². The van der Waals surface area contributed by atoms with Crippen molar-refractivity contribution in [1.82, 2.24) is 9.97 Å². The Morgan fingerprint density at radius 3 is 2.69 bits per heavy atom. The largest absolute Gasteiger partial charge is 0.241 e. The first-order chi connectivity index (χ1) is 6.25. The third kappa shape index (κ3) is 1.77. The van der Waals surface area contributed by atoms with Crippen molar-refractivity contribution in [2.24, 2.45) is 0 Å². The van der Waals surface area contributed by atoms with Crippen molar-refractivity contribution in [3.63, 3.8) is 0 Å². The molecule has 0 saturated heterocycles. The van der Waals surface area contributed by atoms with E-state index in [-0.39, 0.29) is 0 Å². The van der Waals surface area contributed by atoms with E-state index in [0.717, 1.165) is 11.5 Å². The number of nitrogens with zero attached hydrogens (tertiary/aromatic N) is 2. The number of hydrogen-bond donors (Lipinski definition) is 0. The van der Waals surface area contributed by atoms with Gasteiger partial charge >= 0.3 is 0 Å². The summed E-state index contributed by atoms with van der Waals surface area (Å²) in [5.41, 5.74) is 3.80. The molecule has 1 aromatic rings. The van der Waals surface area contributed by atoms with E-state index in [4.69, 9.17) is 0 Å². The normalized spacial score (nSPS) is 15.4. The van der Waals surface area contributed by atoms with Crippen LogP contribution in [0.4, 0.5) is 0 Å². The van der Waals surface area contributed by atoms with Gasteiger partial charge in [-0.3, -0.25) is 0 Å². The van der Waals surface area contributed by atoms with Crippen molar-refractivity contribution in [2.75, 3.05) is 0 Å². The van der Waals surface area contributed by atoms with Crippen molar-refractivity contribution >= 4 is 6.08 Å². The van der Waals surface area contributed by atoms with Gasteiger partial charge in [0.05, 0.1) is 5.69 Å². The Labute approximate surface area is 78.7 Å². The Balaban J connectivity index is 2.33. The predicted molar refractivity (Wildman–Crippen MR) is 53.3 cm³/mol. The molecule has 0 aromatic carbocycles. The van der Waals surface area contributed by atoms with Crippen LogP contribution < -0.4 is 0 Å². The van der Waals surface area contributed by atoms with Crippen LogP contribution in [0.3, 0.4) is 0 Å². The van der Waals surface area contributed by atoms with Crippen molar-refractivity contribution in [3.05, 3.63) is 28.9 Å². The maximum absolute atomic E-state index is 4.41. The van der Waals surface area contributed by atoms with Gasteiger partial charge in [0.15, 0.2) is 0 Å². The first-order valence-corrected chi connectivity index (χ1v) is 4.75. The van der Waals surface area contributed by atoms with Crippen LogP contribution in [-0.2, 0) is 0 Å². The fraction of sp³-hybridized carbons (Fsp3) is 0.455. The second kappa shape index (κ2) is 3.29. The third-order valence-corrected chi connectivity index (χ3v) is 2.47. The van der Waals surface area contributed by atoms with Gasteiger partial charge in [-0.2, -0.15) is 0 Å². The standard InChI is InChI=1S/C11H14N2/c1-8-7-12-9(2)13-11(8)6-10-4-3-5-10/h6-7H,3-5H2,1-2H3. The van der Waals surface area contributed by atoms with E-state index in [1.807, 2.05) is 13.1 Å². The molecule has 2 rings (SSSR count). The van der Waals surface area contributed by atoms with Crippen LogP contribution in [0.2, 0.25) is 0 Å². The molecule has 2 heteroatoms. The zero-order valence-corrected chi connectivity index (χ0v) is 8.17. The van der Waals surface area contributed by atoms with E-state index in [1.54, 1.807) is 0 Å². The van der Waals surface area contributed by atoms with E-state index < -0.39 is 0 Å². The van der Waals surface area contributed by atoms with Crippen molar-refractivity contribution in [1.29, 1.82) is 0 Å². The SMILES string of the molecule is Cc1ncc(C)c(C=C2CCC2)n1. The first-order valence-electron chi connectivity index (χ1n) is 4.75. The third-order valence-electron chi connectivity index (χ3n) is 2.47. The summed E-state index contributed by atoms with van der Waals surface area (Å²) in [7, 11) is 0. The summed E-state index contributed by atoms with van der Waals surface area (Å²) in [6.45, 7) is 3.99. The highest BCUT2D eigenvalue weighted by molar-refractivity contribution is 5.53. The van der Waals surface area contributed by atoms with Gasteiger partial charge in [-0.05, 0) is 44.7 Å². The molecule has 1 aliphatic rings. The molecular formula is C11H14N2. The van der Waals surface area contributed by atoms with Crippen LogP contribution in [0, 0.1) is 13.8 Å². The molecule has 0 radical (unpaired) electrons. The van der Waals surface area contributed by atoms with E-state index in [2.05, 4.69) is 23.0 Å². The summed E-state index contributed by atoms with van der Waals surface area (Å²) in [4.78, 5) is 8.56. The molecule has 1 fully saturated rings. The molecule has 0 amide bonds. The highest BCUT2D eigenvalue weighted by atomic mass is 14.9. The van der Waals surface area contributed by atoms with E-state index in [1.165, 1.54) is 30.4 Å². The maximum atomic E-state index is 4.41. The first kappa shape index (κ1) is 8.42. The van der Waals surface area contributed by atoms with Gasteiger partial charge in [0, 0.05) is 6.20 Å². The summed E-state index contributed by atoms with van der Waals surface area (Å²) in [5.74, 6) is 0.858. The molecule has 2 nitrogen and oxygen atoms in total. The average Bonchev–Trinajstić information content (AvgIpc) is 2.03.